The summed E-state index contributed by atoms with van der Waals surface area (Å²) in [6.07, 6.45) is 1.64. The van der Waals surface area contributed by atoms with Crippen molar-refractivity contribution >= 4 is 11.6 Å². The van der Waals surface area contributed by atoms with E-state index in [0.29, 0.717) is 11.4 Å². The van der Waals surface area contributed by atoms with E-state index in [-0.39, 0.29) is 5.56 Å². The second kappa shape index (κ2) is 5.86. The number of pyridine rings is 1. The number of amides is 1. The van der Waals surface area contributed by atoms with Crippen LogP contribution in [0.15, 0.2) is 53.8 Å². The molecule has 0 aliphatic heterocycles. The summed E-state index contributed by atoms with van der Waals surface area (Å²) in [7, 11) is 0. The van der Waals surface area contributed by atoms with Crippen molar-refractivity contribution in [2.75, 3.05) is 0 Å². The average Bonchev–Trinajstić information content (AvgIpc) is 2.45. The molecule has 0 aliphatic carbocycles. The normalized spacial score (nSPS) is 11.2. The smallest absolute Gasteiger partial charge is 0.267 e. The van der Waals surface area contributed by atoms with Gasteiger partial charge in [-0.3, -0.25) is 9.78 Å². The summed E-state index contributed by atoms with van der Waals surface area (Å²) < 4.78 is 13.0. The van der Waals surface area contributed by atoms with Gasteiger partial charge in [-0.2, -0.15) is 5.10 Å². The number of carbonyl (C=O) groups is 1. The second-order valence-electron chi connectivity index (χ2n) is 3.86. The third-order valence-electron chi connectivity index (χ3n) is 2.45. The fourth-order valence-corrected chi connectivity index (χ4v) is 1.46. The van der Waals surface area contributed by atoms with Crippen LogP contribution in [0.4, 0.5) is 4.39 Å². The van der Waals surface area contributed by atoms with Gasteiger partial charge in [-0.1, -0.05) is 12.1 Å². The Morgan fingerprint density at radius 2 is 2.11 bits per heavy atom. The lowest BCUT2D eigenvalue weighted by Crippen LogP contribution is -2.19. The predicted octanol–water partition coefficient (Wildman–Crippen LogP) is 2.37. The van der Waals surface area contributed by atoms with Crippen LogP contribution < -0.4 is 5.43 Å². The Morgan fingerprint density at radius 3 is 2.79 bits per heavy atom. The fourth-order valence-electron chi connectivity index (χ4n) is 1.46. The fraction of sp³-hybridized carbons (Fsp3) is 0.0714. The topological polar surface area (TPSA) is 54.4 Å². The molecule has 0 spiro atoms. The van der Waals surface area contributed by atoms with Crippen molar-refractivity contribution in [3.05, 3.63) is 65.7 Å². The van der Waals surface area contributed by atoms with Crippen LogP contribution in [0.2, 0.25) is 0 Å². The number of hydrogen-bond donors (Lipinski definition) is 1. The van der Waals surface area contributed by atoms with Gasteiger partial charge in [-0.15, -0.1) is 0 Å². The highest BCUT2D eigenvalue weighted by Crippen LogP contribution is 2.03. The summed E-state index contributed by atoms with van der Waals surface area (Å²) in [5, 5.41) is 3.93. The minimum atomic E-state index is -0.463. The SMILES string of the molecule is C/C(=N/NC(=O)c1cccc(F)c1)c1ccccn1. The van der Waals surface area contributed by atoms with Crippen LogP contribution >= 0.6 is 0 Å². The molecule has 0 unspecified atom stereocenters. The van der Waals surface area contributed by atoms with Crippen LogP contribution in [0.3, 0.4) is 0 Å². The maximum Gasteiger partial charge on any atom is 0.271 e. The van der Waals surface area contributed by atoms with E-state index >= 15 is 0 Å². The quantitative estimate of drug-likeness (QED) is 0.678. The molecule has 0 radical (unpaired) electrons. The average molecular weight is 257 g/mol. The van der Waals surface area contributed by atoms with Crippen LogP contribution in [0.5, 0.6) is 0 Å². The first-order chi connectivity index (χ1) is 9.16. The van der Waals surface area contributed by atoms with Gasteiger partial charge in [0.25, 0.3) is 5.91 Å². The van der Waals surface area contributed by atoms with E-state index in [1.54, 1.807) is 25.3 Å². The number of rotatable bonds is 3. The van der Waals surface area contributed by atoms with Gasteiger partial charge in [0.1, 0.15) is 5.82 Å². The molecule has 0 aliphatic rings. The van der Waals surface area contributed by atoms with Crippen molar-refractivity contribution < 1.29 is 9.18 Å². The highest BCUT2D eigenvalue weighted by molar-refractivity contribution is 5.99. The number of benzene rings is 1. The Bertz CT molecular complexity index is 611. The zero-order valence-electron chi connectivity index (χ0n) is 10.3. The summed E-state index contributed by atoms with van der Waals surface area (Å²) in [5.41, 5.74) is 3.83. The number of nitrogens with one attached hydrogen (secondary N) is 1. The number of aromatic nitrogens is 1. The molecule has 0 saturated carbocycles. The molecule has 1 aromatic heterocycles. The number of halogens is 1. The van der Waals surface area contributed by atoms with Crippen molar-refractivity contribution in [2.24, 2.45) is 5.10 Å². The molecule has 1 heterocycles. The molecular weight excluding hydrogens is 245 g/mol. The summed E-state index contributed by atoms with van der Waals surface area (Å²) >= 11 is 0. The molecule has 1 aromatic carbocycles. The van der Waals surface area contributed by atoms with Crippen LogP contribution in [0.25, 0.3) is 0 Å². The van der Waals surface area contributed by atoms with Gasteiger partial charge in [0, 0.05) is 11.8 Å². The first-order valence-corrected chi connectivity index (χ1v) is 5.68. The summed E-state index contributed by atoms with van der Waals surface area (Å²) in [6.45, 7) is 1.73. The second-order valence-corrected chi connectivity index (χ2v) is 3.86. The van der Waals surface area contributed by atoms with Crippen molar-refractivity contribution in [1.29, 1.82) is 0 Å². The third-order valence-corrected chi connectivity index (χ3v) is 2.45. The lowest BCUT2D eigenvalue weighted by Gasteiger charge is -2.02. The van der Waals surface area contributed by atoms with E-state index in [9.17, 15) is 9.18 Å². The van der Waals surface area contributed by atoms with Crippen molar-refractivity contribution in [1.82, 2.24) is 10.4 Å². The van der Waals surface area contributed by atoms with Crippen LogP contribution in [0, 0.1) is 5.82 Å². The highest BCUT2D eigenvalue weighted by Gasteiger charge is 2.05. The van der Waals surface area contributed by atoms with Gasteiger partial charge in [0.2, 0.25) is 0 Å². The Hall–Kier alpha value is -2.56. The van der Waals surface area contributed by atoms with E-state index in [2.05, 4.69) is 15.5 Å². The molecule has 5 heteroatoms. The van der Waals surface area contributed by atoms with E-state index < -0.39 is 11.7 Å². The van der Waals surface area contributed by atoms with Gasteiger partial charge in [0.05, 0.1) is 11.4 Å². The molecule has 0 bridgehead atoms. The standard InChI is InChI=1S/C14H12FN3O/c1-10(13-7-2-3-8-16-13)17-18-14(19)11-5-4-6-12(15)9-11/h2-9H,1H3,(H,18,19)/b17-10-. The molecule has 0 atom stereocenters. The predicted molar refractivity (Wildman–Crippen MR) is 70.3 cm³/mol. The largest absolute Gasteiger partial charge is 0.271 e. The minimum Gasteiger partial charge on any atom is -0.267 e. The Balaban J connectivity index is 2.08. The molecular formula is C14H12FN3O. The van der Waals surface area contributed by atoms with Crippen molar-refractivity contribution in [3.8, 4) is 0 Å². The summed E-state index contributed by atoms with van der Waals surface area (Å²) in [5.74, 6) is -0.923. The summed E-state index contributed by atoms with van der Waals surface area (Å²) in [4.78, 5) is 15.8. The van der Waals surface area contributed by atoms with Gasteiger partial charge in [-0.05, 0) is 37.3 Å². The number of hydrogen-bond acceptors (Lipinski definition) is 3. The van der Waals surface area contributed by atoms with Gasteiger partial charge >= 0.3 is 0 Å². The highest BCUT2D eigenvalue weighted by atomic mass is 19.1. The maximum atomic E-state index is 13.0. The number of nitrogens with zero attached hydrogens (tertiary/aromatic N) is 2. The number of carbonyl (C=O) groups excluding carboxylic acids is 1. The molecule has 2 aromatic rings. The van der Waals surface area contributed by atoms with E-state index in [4.69, 9.17) is 0 Å². The molecule has 0 saturated heterocycles. The molecule has 2 rings (SSSR count). The zero-order valence-corrected chi connectivity index (χ0v) is 10.3. The molecule has 1 amide bonds. The van der Waals surface area contributed by atoms with Gasteiger partial charge in [-0.25, -0.2) is 9.82 Å². The van der Waals surface area contributed by atoms with Crippen LogP contribution in [0.1, 0.15) is 23.0 Å². The zero-order chi connectivity index (χ0) is 13.7. The molecule has 19 heavy (non-hydrogen) atoms. The third kappa shape index (κ3) is 3.45. The maximum absolute atomic E-state index is 13.0. The minimum absolute atomic E-state index is 0.220. The Labute approximate surface area is 110 Å². The van der Waals surface area contributed by atoms with E-state index in [0.717, 1.165) is 6.07 Å². The van der Waals surface area contributed by atoms with E-state index in [1.165, 1.54) is 18.2 Å². The Kier molecular flexibility index (Phi) is 3.97. The molecule has 4 nitrogen and oxygen atoms in total. The summed E-state index contributed by atoms with van der Waals surface area (Å²) in [6, 6.07) is 10.8. The van der Waals surface area contributed by atoms with Crippen molar-refractivity contribution in [2.45, 2.75) is 6.92 Å². The van der Waals surface area contributed by atoms with Gasteiger partial charge < -0.3 is 0 Å². The number of hydrazone groups is 1. The van der Waals surface area contributed by atoms with Gasteiger partial charge in [0.15, 0.2) is 0 Å². The first-order valence-electron chi connectivity index (χ1n) is 5.68. The van der Waals surface area contributed by atoms with E-state index in [1.807, 2.05) is 6.07 Å². The molecule has 96 valence electrons. The Morgan fingerprint density at radius 1 is 1.26 bits per heavy atom. The molecule has 0 fully saturated rings. The van der Waals surface area contributed by atoms with Crippen LogP contribution in [-0.4, -0.2) is 16.6 Å². The first kappa shape index (κ1) is 12.9. The monoisotopic (exact) mass is 257 g/mol. The lowest BCUT2D eigenvalue weighted by molar-refractivity contribution is 0.0954. The lowest BCUT2D eigenvalue weighted by atomic mass is 10.2. The molecule has 1 N–H and O–H groups in total. The van der Waals surface area contributed by atoms with Crippen LogP contribution in [-0.2, 0) is 0 Å². The van der Waals surface area contributed by atoms with Crippen molar-refractivity contribution in [3.63, 3.8) is 0 Å².